The third-order valence-electron chi connectivity index (χ3n) is 3.04. The quantitative estimate of drug-likeness (QED) is 0.632. The summed E-state index contributed by atoms with van der Waals surface area (Å²) >= 11 is 0. The molecule has 1 aliphatic heterocycles. The number of nitro benzene ring substituents is 1. The molecule has 0 radical (unpaired) electrons. The van der Waals surface area contributed by atoms with Crippen molar-refractivity contribution >= 4 is 17.3 Å². The largest absolute Gasteiger partial charge is 0.496 e. The van der Waals surface area contributed by atoms with E-state index in [1.807, 2.05) is 0 Å². The van der Waals surface area contributed by atoms with Crippen LogP contribution < -0.4 is 15.4 Å². The molecular formula is C12H15N3O4. The molecule has 0 bridgehead atoms. The predicted octanol–water partition coefficient (Wildman–Crippen LogP) is 1.29. The molecule has 1 amide bonds. The Balaban J connectivity index is 2.19. The standard InChI is InChI=1S/C12H15N3O4/c1-19-8-4-5-9(11(7-8)15(17)18)14-12(16)10-3-2-6-13-10/h4-5,7,10,13H,2-3,6H2,1H3,(H,14,16). The molecule has 7 heteroatoms. The van der Waals surface area contributed by atoms with E-state index in [-0.39, 0.29) is 23.3 Å². The van der Waals surface area contributed by atoms with E-state index in [1.54, 1.807) is 6.07 Å². The molecule has 0 aliphatic carbocycles. The van der Waals surface area contributed by atoms with Gasteiger partial charge in [-0.3, -0.25) is 14.9 Å². The van der Waals surface area contributed by atoms with Gasteiger partial charge in [-0.05, 0) is 31.5 Å². The summed E-state index contributed by atoms with van der Waals surface area (Å²) in [6, 6.07) is 4.06. The monoisotopic (exact) mass is 265 g/mol. The second-order valence-corrected chi connectivity index (χ2v) is 4.28. The molecule has 1 heterocycles. The first-order valence-corrected chi connectivity index (χ1v) is 5.98. The number of nitrogens with one attached hydrogen (secondary N) is 2. The summed E-state index contributed by atoms with van der Waals surface area (Å²) in [6.45, 7) is 0.794. The van der Waals surface area contributed by atoms with Crippen LogP contribution in [0, 0.1) is 10.1 Å². The predicted molar refractivity (Wildman–Crippen MR) is 69.3 cm³/mol. The average molecular weight is 265 g/mol. The van der Waals surface area contributed by atoms with Gasteiger partial charge >= 0.3 is 0 Å². The van der Waals surface area contributed by atoms with Gasteiger partial charge in [0.25, 0.3) is 5.69 Å². The second kappa shape index (κ2) is 5.66. The first-order chi connectivity index (χ1) is 9.11. The number of anilines is 1. The zero-order valence-electron chi connectivity index (χ0n) is 10.5. The van der Waals surface area contributed by atoms with Gasteiger partial charge in [0, 0.05) is 0 Å². The maximum Gasteiger partial charge on any atom is 0.296 e. The van der Waals surface area contributed by atoms with Crippen molar-refractivity contribution in [1.29, 1.82) is 0 Å². The van der Waals surface area contributed by atoms with Crippen molar-refractivity contribution in [1.82, 2.24) is 5.32 Å². The van der Waals surface area contributed by atoms with Gasteiger partial charge in [-0.15, -0.1) is 0 Å². The average Bonchev–Trinajstić information content (AvgIpc) is 2.92. The molecule has 2 N–H and O–H groups in total. The molecule has 1 fully saturated rings. The van der Waals surface area contributed by atoms with E-state index in [0.717, 1.165) is 19.4 Å². The number of carbonyl (C=O) groups is 1. The van der Waals surface area contributed by atoms with Crippen LogP contribution in [0.25, 0.3) is 0 Å². The van der Waals surface area contributed by atoms with Crippen molar-refractivity contribution in [3.8, 4) is 5.75 Å². The van der Waals surface area contributed by atoms with Crippen LogP contribution in [0.3, 0.4) is 0 Å². The van der Waals surface area contributed by atoms with E-state index in [9.17, 15) is 14.9 Å². The second-order valence-electron chi connectivity index (χ2n) is 4.28. The summed E-state index contributed by atoms with van der Waals surface area (Å²) in [7, 11) is 1.43. The van der Waals surface area contributed by atoms with Gasteiger partial charge in [0.05, 0.1) is 24.1 Å². The van der Waals surface area contributed by atoms with Crippen molar-refractivity contribution in [2.75, 3.05) is 19.0 Å². The Morgan fingerprint density at radius 1 is 1.58 bits per heavy atom. The zero-order valence-corrected chi connectivity index (χ0v) is 10.5. The number of carbonyl (C=O) groups excluding carboxylic acids is 1. The van der Waals surface area contributed by atoms with E-state index in [4.69, 9.17) is 4.74 Å². The fraction of sp³-hybridized carbons (Fsp3) is 0.417. The molecule has 1 atom stereocenters. The van der Waals surface area contributed by atoms with Gasteiger partial charge in [0.1, 0.15) is 11.4 Å². The number of nitro groups is 1. The van der Waals surface area contributed by atoms with Crippen LogP contribution in [0.5, 0.6) is 5.75 Å². The minimum absolute atomic E-state index is 0.175. The molecule has 1 saturated heterocycles. The number of hydrogen-bond acceptors (Lipinski definition) is 5. The third kappa shape index (κ3) is 3.00. The number of benzene rings is 1. The number of hydrogen-bond donors (Lipinski definition) is 2. The Bertz CT molecular complexity index is 498. The Morgan fingerprint density at radius 3 is 2.95 bits per heavy atom. The van der Waals surface area contributed by atoms with Gasteiger partial charge < -0.3 is 15.4 Å². The lowest BCUT2D eigenvalue weighted by Gasteiger charge is -2.11. The number of nitrogens with zero attached hydrogens (tertiary/aromatic N) is 1. The number of rotatable bonds is 4. The Hall–Kier alpha value is -2.15. The van der Waals surface area contributed by atoms with Gasteiger partial charge in [0.2, 0.25) is 5.91 Å². The minimum Gasteiger partial charge on any atom is -0.496 e. The minimum atomic E-state index is -0.541. The first kappa shape index (κ1) is 13.3. The molecule has 1 aromatic carbocycles. The van der Waals surface area contributed by atoms with Crippen molar-refractivity contribution in [2.45, 2.75) is 18.9 Å². The van der Waals surface area contributed by atoms with Crippen LogP contribution in [0.2, 0.25) is 0 Å². The third-order valence-corrected chi connectivity index (χ3v) is 3.04. The fourth-order valence-corrected chi connectivity index (χ4v) is 2.02. The Kier molecular flexibility index (Phi) is 3.96. The molecule has 0 spiro atoms. The Labute approximate surface area is 110 Å². The molecule has 19 heavy (non-hydrogen) atoms. The summed E-state index contributed by atoms with van der Waals surface area (Å²) in [5, 5.41) is 16.6. The molecule has 1 aromatic rings. The molecule has 0 aromatic heterocycles. The first-order valence-electron chi connectivity index (χ1n) is 5.98. The van der Waals surface area contributed by atoms with Crippen LogP contribution >= 0.6 is 0 Å². The van der Waals surface area contributed by atoms with E-state index >= 15 is 0 Å². The summed E-state index contributed by atoms with van der Waals surface area (Å²) in [5.74, 6) is 0.134. The van der Waals surface area contributed by atoms with Gasteiger partial charge in [0.15, 0.2) is 0 Å². The lowest BCUT2D eigenvalue weighted by atomic mass is 10.2. The lowest BCUT2D eigenvalue weighted by Crippen LogP contribution is -2.35. The van der Waals surface area contributed by atoms with Crippen LogP contribution in [-0.2, 0) is 4.79 Å². The fourth-order valence-electron chi connectivity index (χ4n) is 2.02. The van der Waals surface area contributed by atoms with Crippen molar-refractivity contribution in [2.24, 2.45) is 0 Å². The molecule has 1 unspecified atom stereocenters. The van der Waals surface area contributed by atoms with Gasteiger partial charge in [-0.25, -0.2) is 0 Å². The molecule has 0 saturated carbocycles. The van der Waals surface area contributed by atoms with Crippen LogP contribution in [0.4, 0.5) is 11.4 Å². The highest BCUT2D eigenvalue weighted by Gasteiger charge is 2.24. The number of ether oxygens (including phenoxy) is 1. The molecule has 7 nitrogen and oxygen atoms in total. The van der Waals surface area contributed by atoms with Crippen molar-refractivity contribution in [3.63, 3.8) is 0 Å². The molecular weight excluding hydrogens is 250 g/mol. The summed E-state index contributed by atoms with van der Waals surface area (Å²) < 4.78 is 4.94. The smallest absolute Gasteiger partial charge is 0.296 e. The number of amides is 1. The highest BCUT2D eigenvalue weighted by molar-refractivity contribution is 5.97. The molecule has 2 rings (SSSR count). The summed E-state index contributed by atoms with van der Waals surface area (Å²) in [5.41, 5.74) is 0.00944. The maximum atomic E-state index is 11.9. The van der Waals surface area contributed by atoms with Gasteiger partial charge in [-0.2, -0.15) is 0 Å². The van der Waals surface area contributed by atoms with Crippen molar-refractivity contribution < 1.29 is 14.5 Å². The Morgan fingerprint density at radius 2 is 2.37 bits per heavy atom. The molecule has 1 aliphatic rings. The topological polar surface area (TPSA) is 93.5 Å². The lowest BCUT2D eigenvalue weighted by molar-refractivity contribution is -0.384. The van der Waals surface area contributed by atoms with Crippen molar-refractivity contribution in [3.05, 3.63) is 28.3 Å². The van der Waals surface area contributed by atoms with Crippen LogP contribution in [0.15, 0.2) is 18.2 Å². The zero-order chi connectivity index (χ0) is 13.8. The maximum absolute atomic E-state index is 11.9. The van der Waals surface area contributed by atoms with E-state index in [0.29, 0.717) is 5.75 Å². The van der Waals surface area contributed by atoms with E-state index < -0.39 is 4.92 Å². The van der Waals surface area contributed by atoms with Crippen LogP contribution in [-0.4, -0.2) is 30.5 Å². The number of methoxy groups -OCH3 is 1. The molecule has 102 valence electrons. The van der Waals surface area contributed by atoms with E-state index in [2.05, 4.69) is 10.6 Å². The SMILES string of the molecule is COc1ccc(NC(=O)C2CCCN2)c([N+](=O)[O-])c1. The summed E-state index contributed by atoms with van der Waals surface area (Å²) in [4.78, 5) is 22.4. The highest BCUT2D eigenvalue weighted by atomic mass is 16.6. The highest BCUT2D eigenvalue weighted by Crippen LogP contribution is 2.29. The normalized spacial score (nSPS) is 18.1. The van der Waals surface area contributed by atoms with Gasteiger partial charge in [-0.1, -0.05) is 0 Å². The summed E-state index contributed by atoms with van der Waals surface area (Å²) in [6.07, 6.45) is 1.68. The van der Waals surface area contributed by atoms with E-state index in [1.165, 1.54) is 19.2 Å². The van der Waals surface area contributed by atoms with Crippen LogP contribution in [0.1, 0.15) is 12.8 Å².